The fourth-order valence-corrected chi connectivity index (χ4v) is 2.14. The van der Waals surface area contributed by atoms with Crippen molar-refractivity contribution in [2.45, 2.75) is 32.1 Å². The summed E-state index contributed by atoms with van der Waals surface area (Å²) >= 11 is 0. The molecule has 1 fully saturated rings. The monoisotopic (exact) mass is 191 g/mol. The first-order valence-electron chi connectivity index (χ1n) is 4.88. The molecule has 0 spiro atoms. The highest BCUT2D eigenvalue weighted by molar-refractivity contribution is 5.93. The van der Waals surface area contributed by atoms with Gasteiger partial charge < -0.3 is 5.41 Å². The maximum absolute atomic E-state index is 12.9. The quantitative estimate of drug-likeness (QED) is 0.694. The minimum absolute atomic E-state index is 0.0578. The van der Waals surface area contributed by atoms with Gasteiger partial charge in [0.25, 0.3) is 0 Å². The van der Waals surface area contributed by atoms with E-state index in [1.165, 1.54) is 6.07 Å². The van der Waals surface area contributed by atoms with E-state index in [1.807, 2.05) is 19.9 Å². The molecular weight excluding hydrogens is 177 g/mol. The Morgan fingerprint density at radius 1 is 1.43 bits per heavy atom. The molecule has 0 amide bonds. The summed E-state index contributed by atoms with van der Waals surface area (Å²) in [7, 11) is 0. The van der Waals surface area contributed by atoms with E-state index in [-0.39, 0.29) is 11.2 Å². The molecule has 2 heteroatoms. The number of benzene rings is 1. The predicted molar refractivity (Wildman–Crippen MR) is 55.4 cm³/mol. The average molecular weight is 191 g/mol. The van der Waals surface area contributed by atoms with Crippen LogP contribution in [0.2, 0.25) is 0 Å². The van der Waals surface area contributed by atoms with Crippen LogP contribution in [0.3, 0.4) is 0 Å². The van der Waals surface area contributed by atoms with Gasteiger partial charge in [0.05, 0.1) is 0 Å². The van der Waals surface area contributed by atoms with Crippen molar-refractivity contribution in [1.82, 2.24) is 0 Å². The predicted octanol–water partition coefficient (Wildman–Crippen LogP) is 3.21. The summed E-state index contributed by atoms with van der Waals surface area (Å²) in [6.45, 7) is 3.76. The van der Waals surface area contributed by atoms with Crippen LogP contribution in [-0.2, 0) is 5.41 Å². The fraction of sp³-hybridized carbons (Fsp3) is 0.417. The second-order valence-electron chi connectivity index (χ2n) is 4.17. The zero-order valence-electron chi connectivity index (χ0n) is 8.52. The van der Waals surface area contributed by atoms with Crippen LogP contribution in [0.1, 0.15) is 30.9 Å². The number of hydrogen-bond donors (Lipinski definition) is 1. The second kappa shape index (κ2) is 2.91. The molecule has 0 saturated heterocycles. The lowest BCUT2D eigenvalue weighted by molar-refractivity contribution is 0.625. The molecule has 0 radical (unpaired) electrons. The lowest BCUT2D eigenvalue weighted by atomic mass is 9.88. The Bertz CT molecular complexity index is 391. The molecule has 0 unspecified atom stereocenters. The third kappa shape index (κ3) is 1.26. The van der Waals surface area contributed by atoms with Crippen molar-refractivity contribution in [2.24, 2.45) is 0 Å². The van der Waals surface area contributed by atoms with Crippen molar-refractivity contribution >= 4 is 5.71 Å². The third-order valence-corrected chi connectivity index (χ3v) is 3.17. The van der Waals surface area contributed by atoms with Gasteiger partial charge in [-0.1, -0.05) is 6.07 Å². The van der Waals surface area contributed by atoms with Crippen LogP contribution < -0.4 is 0 Å². The standard InChI is InChI=1S/C12H14FN/c1-8-7-10(13)3-4-11(8)12(5-6-12)9(2)14/h3-4,7,14H,5-6H2,1-2H3. The van der Waals surface area contributed by atoms with Gasteiger partial charge in [0.15, 0.2) is 0 Å². The van der Waals surface area contributed by atoms with Gasteiger partial charge in [0.1, 0.15) is 5.82 Å². The largest absolute Gasteiger partial charge is 0.309 e. The van der Waals surface area contributed by atoms with E-state index in [2.05, 4.69) is 0 Å². The Labute approximate surface area is 83.5 Å². The number of halogens is 1. The zero-order valence-corrected chi connectivity index (χ0v) is 8.52. The molecular formula is C12H14FN. The van der Waals surface area contributed by atoms with Crippen LogP contribution in [0.4, 0.5) is 4.39 Å². The Morgan fingerprint density at radius 3 is 2.50 bits per heavy atom. The smallest absolute Gasteiger partial charge is 0.123 e. The van der Waals surface area contributed by atoms with E-state index in [4.69, 9.17) is 5.41 Å². The summed E-state index contributed by atoms with van der Waals surface area (Å²) in [6.07, 6.45) is 2.07. The fourth-order valence-electron chi connectivity index (χ4n) is 2.14. The summed E-state index contributed by atoms with van der Waals surface area (Å²) in [5, 5.41) is 7.75. The Morgan fingerprint density at radius 2 is 2.07 bits per heavy atom. The molecule has 1 aromatic rings. The molecule has 1 aliphatic carbocycles. The van der Waals surface area contributed by atoms with Gasteiger partial charge in [-0.25, -0.2) is 4.39 Å². The van der Waals surface area contributed by atoms with Gasteiger partial charge >= 0.3 is 0 Å². The number of aryl methyl sites for hydroxylation is 1. The molecule has 0 heterocycles. The molecule has 1 N–H and O–H groups in total. The molecule has 1 aromatic carbocycles. The first-order valence-corrected chi connectivity index (χ1v) is 4.88. The van der Waals surface area contributed by atoms with Crippen molar-refractivity contribution in [3.05, 3.63) is 35.1 Å². The van der Waals surface area contributed by atoms with Crippen LogP contribution >= 0.6 is 0 Å². The maximum Gasteiger partial charge on any atom is 0.123 e. The third-order valence-electron chi connectivity index (χ3n) is 3.17. The number of hydrogen-bond acceptors (Lipinski definition) is 1. The van der Waals surface area contributed by atoms with E-state index < -0.39 is 0 Å². The van der Waals surface area contributed by atoms with E-state index in [0.717, 1.165) is 24.0 Å². The summed E-state index contributed by atoms with van der Waals surface area (Å²) in [5.74, 6) is -0.190. The molecule has 1 nitrogen and oxygen atoms in total. The van der Waals surface area contributed by atoms with Crippen LogP contribution in [0, 0.1) is 18.2 Å². The molecule has 1 aliphatic rings. The number of rotatable bonds is 2. The minimum Gasteiger partial charge on any atom is -0.309 e. The molecule has 0 atom stereocenters. The SMILES string of the molecule is CC(=N)C1(c2ccc(F)cc2C)CC1. The second-order valence-corrected chi connectivity index (χ2v) is 4.17. The minimum atomic E-state index is -0.190. The number of nitrogens with one attached hydrogen (secondary N) is 1. The van der Waals surface area contributed by atoms with Gasteiger partial charge in [-0.05, 0) is 49.9 Å². The highest BCUT2D eigenvalue weighted by Crippen LogP contribution is 2.50. The summed E-state index contributed by atoms with van der Waals surface area (Å²) in [6, 6.07) is 4.87. The zero-order chi connectivity index (χ0) is 10.3. The molecule has 14 heavy (non-hydrogen) atoms. The van der Waals surface area contributed by atoms with Crippen LogP contribution in [0.25, 0.3) is 0 Å². The summed E-state index contributed by atoms with van der Waals surface area (Å²) in [4.78, 5) is 0. The highest BCUT2D eigenvalue weighted by atomic mass is 19.1. The van der Waals surface area contributed by atoms with E-state index >= 15 is 0 Å². The van der Waals surface area contributed by atoms with E-state index in [0.29, 0.717) is 5.71 Å². The first kappa shape index (κ1) is 9.38. The van der Waals surface area contributed by atoms with Crippen LogP contribution in [-0.4, -0.2) is 5.71 Å². The van der Waals surface area contributed by atoms with Gasteiger partial charge in [0.2, 0.25) is 0 Å². The molecule has 0 bridgehead atoms. The molecule has 0 aliphatic heterocycles. The summed E-state index contributed by atoms with van der Waals surface area (Å²) < 4.78 is 12.9. The van der Waals surface area contributed by atoms with Crippen molar-refractivity contribution < 1.29 is 4.39 Å². The van der Waals surface area contributed by atoms with Gasteiger partial charge in [-0.15, -0.1) is 0 Å². The lowest BCUT2D eigenvalue weighted by Crippen LogP contribution is -2.17. The normalized spacial score (nSPS) is 17.9. The van der Waals surface area contributed by atoms with Gasteiger partial charge in [-0.2, -0.15) is 0 Å². The van der Waals surface area contributed by atoms with Crippen molar-refractivity contribution in [2.75, 3.05) is 0 Å². The van der Waals surface area contributed by atoms with Crippen molar-refractivity contribution in [1.29, 1.82) is 5.41 Å². The van der Waals surface area contributed by atoms with E-state index in [1.54, 1.807) is 6.07 Å². The Kier molecular flexibility index (Phi) is 1.95. The first-order chi connectivity index (χ1) is 6.56. The van der Waals surface area contributed by atoms with Crippen molar-refractivity contribution in [3.63, 3.8) is 0 Å². The molecule has 1 saturated carbocycles. The average Bonchev–Trinajstić information content (AvgIpc) is 2.84. The molecule has 74 valence electrons. The molecule has 2 rings (SSSR count). The topological polar surface area (TPSA) is 23.9 Å². The lowest BCUT2D eigenvalue weighted by Gasteiger charge is -2.16. The van der Waals surface area contributed by atoms with E-state index in [9.17, 15) is 4.39 Å². The molecule has 0 aromatic heterocycles. The highest BCUT2D eigenvalue weighted by Gasteiger charge is 2.47. The van der Waals surface area contributed by atoms with Crippen LogP contribution in [0.15, 0.2) is 18.2 Å². The van der Waals surface area contributed by atoms with Gasteiger partial charge in [0, 0.05) is 11.1 Å². The summed E-state index contributed by atoms with van der Waals surface area (Å²) in [5.41, 5.74) is 2.74. The Balaban J connectivity index is 2.47. The van der Waals surface area contributed by atoms with Crippen molar-refractivity contribution in [3.8, 4) is 0 Å². The van der Waals surface area contributed by atoms with Gasteiger partial charge in [-0.3, -0.25) is 0 Å². The maximum atomic E-state index is 12.9. The van der Waals surface area contributed by atoms with Crippen LogP contribution in [0.5, 0.6) is 0 Å². The Hall–Kier alpha value is -1.18.